The fraction of sp³-hybridized carbons (Fsp3) is 0.154. The van der Waals surface area contributed by atoms with E-state index >= 15 is 0 Å². The lowest BCUT2D eigenvalue weighted by Crippen LogP contribution is -2.46. The summed E-state index contributed by atoms with van der Waals surface area (Å²) in [6.45, 7) is -1.94. The van der Waals surface area contributed by atoms with Gasteiger partial charge in [-0.1, -0.05) is 36.4 Å². The molecule has 0 saturated heterocycles. The Morgan fingerprint density at radius 2 is 0.976 bits per heavy atom. The van der Waals surface area contributed by atoms with Gasteiger partial charge in [0.2, 0.25) is 0 Å². The second-order valence-corrected chi connectivity index (χ2v) is 8.26. The Balaban J connectivity index is 1.67. The summed E-state index contributed by atoms with van der Waals surface area (Å²) in [4.78, 5) is 81.6. The quantitative estimate of drug-likeness (QED) is 0.119. The summed E-state index contributed by atoms with van der Waals surface area (Å²) in [6, 6.07) is 11.5. The molecule has 0 aliphatic rings. The minimum atomic E-state index is -1.72. The number of hydrogen-bond acceptors (Lipinski definition) is 14. The summed E-state index contributed by atoms with van der Waals surface area (Å²) < 4.78 is 9.34. The van der Waals surface area contributed by atoms with Crippen LogP contribution in [-0.4, -0.2) is 81.2 Å². The second kappa shape index (κ2) is 14.1. The zero-order valence-electron chi connectivity index (χ0n) is 21.6. The van der Waals surface area contributed by atoms with Crippen molar-refractivity contribution >= 4 is 47.3 Å². The molecule has 2 amide bonds. The SMILES string of the molecule is Nc1nc(C(=O)N[C@H](CO)C(=O)OC(=O)c2ccccc2)c(N)nc1C(=O)N[C@H](CO)C(=O)OC(=O)c1ccccc1. The maximum absolute atomic E-state index is 12.7. The number of carbonyl (C=O) groups is 6. The molecule has 0 aliphatic heterocycles. The highest BCUT2D eigenvalue weighted by Gasteiger charge is 2.30. The minimum Gasteiger partial charge on any atom is -0.394 e. The van der Waals surface area contributed by atoms with Crippen LogP contribution in [0.5, 0.6) is 0 Å². The normalized spacial score (nSPS) is 11.9. The van der Waals surface area contributed by atoms with E-state index in [4.69, 9.17) is 11.5 Å². The Hall–Kier alpha value is -5.74. The van der Waals surface area contributed by atoms with E-state index in [9.17, 15) is 39.0 Å². The number of esters is 4. The number of nitrogens with zero attached hydrogens (tertiary/aromatic N) is 2. The summed E-state index contributed by atoms with van der Waals surface area (Å²) in [6.07, 6.45) is 0. The molecule has 16 nitrogen and oxygen atoms in total. The van der Waals surface area contributed by atoms with Crippen LogP contribution in [0.15, 0.2) is 60.7 Å². The van der Waals surface area contributed by atoms with Crippen molar-refractivity contribution < 1.29 is 48.5 Å². The van der Waals surface area contributed by atoms with Crippen LogP contribution in [0.1, 0.15) is 41.7 Å². The van der Waals surface area contributed by atoms with Crippen LogP contribution < -0.4 is 22.1 Å². The number of nitrogen functional groups attached to an aromatic ring is 2. The van der Waals surface area contributed by atoms with Crippen LogP contribution in [0.2, 0.25) is 0 Å². The lowest BCUT2D eigenvalue weighted by Gasteiger charge is -2.16. The minimum absolute atomic E-state index is 0.0464. The summed E-state index contributed by atoms with van der Waals surface area (Å²) in [7, 11) is 0. The topological polar surface area (TPSA) is 263 Å². The monoisotopic (exact) mass is 580 g/mol. The molecule has 2 atom stereocenters. The average molecular weight is 581 g/mol. The van der Waals surface area contributed by atoms with Gasteiger partial charge in [0.15, 0.2) is 35.1 Å². The number of hydrogen-bond donors (Lipinski definition) is 6. The third kappa shape index (κ3) is 7.68. The molecule has 0 radical (unpaired) electrons. The number of rotatable bonds is 10. The standard InChI is InChI=1S/C26H24N6O10/c27-19-17(21(35)29-15(11-33)25(39)41-23(37)13-7-3-1-4-8-13)31-20(28)18(32-19)22(36)30-16(12-34)26(40)42-24(38)14-9-5-2-6-10-14/h1-10,15-16,33-34H,11-12H2,(H2,28,31)(H2,27,32)(H,29,35)(H,30,36)/t15-,16-/m1/s1. The summed E-state index contributed by atoms with van der Waals surface area (Å²) in [5.74, 6) is -8.27. The molecule has 0 unspecified atom stereocenters. The van der Waals surface area contributed by atoms with Crippen molar-refractivity contribution in [3.8, 4) is 0 Å². The first kappa shape index (κ1) is 30.8. The molecule has 0 fully saturated rings. The number of nitrogens with one attached hydrogen (secondary N) is 2. The van der Waals surface area contributed by atoms with Crippen LogP contribution in [0.25, 0.3) is 0 Å². The number of benzene rings is 2. The van der Waals surface area contributed by atoms with Crippen LogP contribution in [-0.2, 0) is 19.1 Å². The van der Waals surface area contributed by atoms with E-state index in [-0.39, 0.29) is 11.1 Å². The number of amides is 2. The third-order valence-electron chi connectivity index (χ3n) is 5.33. The van der Waals surface area contributed by atoms with Crippen molar-refractivity contribution in [2.75, 3.05) is 24.7 Å². The van der Waals surface area contributed by atoms with Gasteiger partial charge in [-0.3, -0.25) is 9.59 Å². The molecule has 1 heterocycles. The van der Waals surface area contributed by atoms with E-state index in [1.54, 1.807) is 12.1 Å². The molecule has 0 aliphatic carbocycles. The Bertz CT molecular complexity index is 1390. The molecule has 8 N–H and O–H groups in total. The molecule has 0 saturated carbocycles. The summed E-state index contributed by atoms with van der Waals surface area (Å²) >= 11 is 0. The number of carbonyl (C=O) groups excluding carboxylic acids is 6. The van der Waals surface area contributed by atoms with Crippen LogP contribution in [0, 0.1) is 0 Å². The van der Waals surface area contributed by atoms with Gasteiger partial charge in [-0.25, -0.2) is 29.1 Å². The Morgan fingerprint density at radius 1 is 0.643 bits per heavy atom. The number of anilines is 2. The first-order valence-corrected chi connectivity index (χ1v) is 11.9. The maximum atomic E-state index is 12.7. The fourth-order valence-electron chi connectivity index (χ4n) is 3.20. The Kier molecular flexibility index (Phi) is 10.3. The molecule has 218 valence electrons. The molecule has 3 aromatic rings. The van der Waals surface area contributed by atoms with Crippen LogP contribution in [0.3, 0.4) is 0 Å². The lowest BCUT2D eigenvalue weighted by molar-refractivity contribution is -0.142. The zero-order chi connectivity index (χ0) is 30.8. The van der Waals surface area contributed by atoms with Crippen molar-refractivity contribution in [1.82, 2.24) is 20.6 Å². The summed E-state index contributed by atoms with van der Waals surface area (Å²) in [5, 5.41) is 23.2. The molecular formula is C26H24N6O10. The molecule has 16 heteroatoms. The van der Waals surface area contributed by atoms with Crippen molar-refractivity contribution in [2.45, 2.75) is 12.1 Å². The van der Waals surface area contributed by atoms with Gasteiger partial charge in [0.25, 0.3) is 11.8 Å². The zero-order valence-corrected chi connectivity index (χ0v) is 21.6. The molecule has 42 heavy (non-hydrogen) atoms. The van der Waals surface area contributed by atoms with E-state index in [1.165, 1.54) is 48.5 Å². The van der Waals surface area contributed by atoms with E-state index in [1.807, 2.05) is 0 Å². The van der Waals surface area contributed by atoms with Gasteiger partial charge in [-0.15, -0.1) is 0 Å². The highest BCUT2D eigenvalue weighted by Crippen LogP contribution is 2.14. The molecule has 3 rings (SSSR count). The highest BCUT2D eigenvalue weighted by molar-refractivity contribution is 6.04. The molecule has 0 bridgehead atoms. The third-order valence-corrected chi connectivity index (χ3v) is 5.33. The number of aliphatic hydroxyl groups is 2. The van der Waals surface area contributed by atoms with Crippen molar-refractivity contribution in [3.63, 3.8) is 0 Å². The number of nitrogens with two attached hydrogens (primary N) is 2. The second-order valence-electron chi connectivity index (χ2n) is 8.26. The fourth-order valence-corrected chi connectivity index (χ4v) is 3.20. The van der Waals surface area contributed by atoms with Crippen LogP contribution in [0.4, 0.5) is 11.6 Å². The molecular weight excluding hydrogens is 556 g/mol. The van der Waals surface area contributed by atoms with Gasteiger partial charge in [0, 0.05) is 0 Å². The molecule has 0 spiro atoms. The lowest BCUT2D eigenvalue weighted by atomic mass is 10.2. The summed E-state index contributed by atoms with van der Waals surface area (Å²) in [5.41, 5.74) is 10.3. The average Bonchev–Trinajstić information content (AvgIpc) is 2.99. The van der Waals surface area contributed by atoms with Crippen LogP contribution >= 0.6 is 0 Å². The highest BCUT2D eigenvalue weighted by atomic mass is 16.6. The molecule has 2 aromatic carbocycles. The van der Waals surface area contributed by atoms with Gasteiger partial charge >= 0.3 is 23.9 Å². The number of ether oxygens (including phenoxy) is 2. The number of aliphatic hydroxyl groups excluding tert-OH is 2. The van der Waals surface area contributed by atoms with Gasteiger partial charge in [0.05, 0.1) is 24.3 Å². The van der Waals surface area contributed by atoms with Gasteiger partial charge < -0.3 is 41.8 Å². The Morgan fingerprint density at radius 3 is 1.29 bits per heavy atom. The van der Waals surface area contributed by atoms with Gasteiger partial charge in [-0.2, -0.15) is 0 Å². The first-order valence-electron chi connectivity index (χ1n) is 11.9. The van der Waals surface area contributed by atoms with Gasteiger partial charge in [0.1, 0.15) is 0 Å². The predicted octanol–water partition coefficient (Wildman–Crippen LogP) is -1.41. The number of aromatic nitrogens is 2. The van der Waals surface area contributed by atoms with Crippen molar-refractivity contribution in [3.05, 3.63) is 83.2 Å². The van der Waals surface area contributed by atoms with E-state index < -0.39 is 84.0 Å². The van der Waals surface area contributed by atoms with Gasteiger partial charge in [-0.05, 0) is 24.3 Å². The Labute approximate surface area is 236 Å². The smallest absolute Gasteiger partial charge is 0.345 e. The van der Waals surface area contributed by atoms with Crippen molar-refractivity contribution in [1.29, 1.82) is 0 Å². The van der Waals surface area contributed by atoms with E-state index in [0.717, 1.165) is 0 Å². The van der Waals surface area contributed by atoms with Crippen molar-refractivity contribution in [2.24, 2.45) is 0 Å². The van der Waals surface area contributed by atoms with E-state index in [0.29, 0.717) is 0 Å². The molecule has 1 aromatic heterocycles. The van der Waals surface area contributed by atoms with E-state index in [2.05, 4.69) is 30.1 Å². The maximum Gasteiger partial charge on any atom is 0.345 e. The largest absolute Gasteiger partial charge is 0.394 e. The first-order chi connectivity index (χ1) is 20.0. The predicted molar refractivity (Wildman–Crippen MR) is 141 cm³/mol.